The second kappa shape index (κ2) is 7.01. The Morgan fingerprint density at radius 3 is 2.44 bits per heavy atom. The SMILES string of the molecule is O=C(CSc1nc(C(F)(F)F)nc2ccccc12)c1ccccc1Cl. The average Bonchev–Trinajstić information content (AvgIpc) is 2.58. The molecule has 0 spiro atoms. The number of benzene rings is 2. The van der Waals surface area contributed by atoms with E-state index in [-0.39, 0.29) is 22.1 Å². The molecule has 0 radical (unpaired) electrons. The number of nitrogens with zero attached hydrogens (tertiary/aromatic N) is 2. The summed E-state index contributed by atoms with van der Waals surface area (Å²) in [4.78, 5) is 19.4. The molecule has 8 heteroatoms. The number of ketones is 1. The third-order valence-corrected chi connectivity index (χ3v) is 4.66. The lowest BCUT2D eigenvalue weighted by molar-refractivity contribution is -0.145. The number of aromatic nitrogens is 2. The van der Waals surface area contributed by atoms with Gasteiger partial charge in [0.15, 0.2) is 5.78 Å². The van der Waals surface area contributed by atoms with E-state index in [1.165, 1.54) is 6.07 Å². The molecule has 0 amide bonds. The Hall–Kier alpha value is -2.12. The lowest BCUT2D eigenvalue weighted by Gasteiger charge is -2.10. The Morgan fingerprint density at radius 2 is 1.72 bits per heavy atom. The summed E-state index contributed by atoms with van der Waals surface area (Å²) in [6, 6.07) is 12.9. The minimum Gasteiger partial charge on any atom is -0.293 e. The third-order valence-electron chi connectivity index (χ3n) is 3.34. The van der Waals surface area contributed by atoms with E-state index in [2.05, 4.69) is 9.97 Å². The molecule has 0 N–H and O–H groups in total. The Balaban J connectivity index is 1.93. The molecule has 0 unspecified atom stereocenters. The number of rotatable bonds is 4. The monoisotopic (exact) mass is 382 g/mol. The fourth-order valence-electron chi connectivity index (χ4n) is 2.18. The van der Waals surface area contributed by atoms with Crippen molar-refractivity contribution in [1.82, 2.24) is 9.97 Å². The first-order chi connectivity index (χ1) is 11.9. The largest absolute Gasteiger partial charge is 0.451 e. The lowest BCUT2D eigenvalue weighted by Crippen LogP contribution is -2.12. The molecule has 0 aliphatic carbocycles. The zero-order chi connectivity index (χ0) is 18.0. The van der Waals surface area contributed by atoms with E-state index in [1.807, 2.05) is 0 Å². The molecule has 1 aromatic heterocycles. The Labute approximate surface area is 150 Å². The van der Waals surface area contributed by atoms with Gasteiger partial charge in [0, 0.05) is 10.9 Å². The number of fused-ring (bicyclic) bond motifs is 1. The first-order valence-electron chi connectivity index (χ1n) is 7.11. The smallest absolute Gasteiger partial charge is 0.293 e. The van der Waals surface area contributed by atoms with Crippen LogP contribution in [0.2, 0.25) is 5.02 Å². The molecule has 2 aromatic carbocycles. The second-order valence-electron chi connectivity index (χ2n) is 5.06. The van der Waals surface area contributed by atoms with Crippen molar-refractivity contribution in [3.05, 3.63) is 64.9 Å². The molecule has 0 saturated heterocycles. The average molecular weight is 383 g/mol. The molecule has 0 atom stereocenters. The van der Waals surface area contributed by atoms with Gasteiger partial charge in [-0.15, -0.1) is 0 Å². The van der Waals surface area contributed by atoms with E-state index in [4.69, 9.17) is 11.6 Å². The van der Waals surface area contributed by atoms with E-state index in [0.29, 0.717) is 16.0 Å². The molecule has 3 rings (SSSR count). The number of carbonyl (C=O) groups excluding carboxylic acids is 1. The van der Waals surface area contributed by atoms with E-state index < -0.39 is 12.0 Å². The summed E-state index contributed by atoms with van der Waals surface area (Å²) < 4.78 is 39.0. The standard InChI is InChI=1S/C17H10ClF3N2OS/c18-12-7-3-1-5-10(12)14(24)9-25-15-11-6-2-4-8-13(11)22-16(23-15)17(19,20)21/h1-8H,9H2. The number of halogens is 4. The summed E-state index contributed by atoms with van der Waals surface area (Å²) in [6.45, 7) is 0. The predicted octanol–water partition coefficient (Wildman–Crippen LogP) is 5.28. The van der Waals surface area contributed by atoms with Gasteiger partial charge in [-0.1, -0.05) is 53.7 Å². The first kappa shape index (κ1) is 17.7. The quantitative estimate of drug-likeness (QED) is 0.350. The second-order valence-corrected chi connectivity index (χ2v) is 6.43. The lowest BCUT2D eigenvalue weighted by atomic mass is 10.1. The molecule has 3 aromatic rings. The highest BCUT2D eigenvalue weighted by Crippen LogP contribution is 2.32. The van der Waals surface area contributed by atoms with Crippen molar-refractivity contribution in [1.29, 1.82) is 0 Å². The van der Waals surface area contributed by atoms with Crippen LogP contribution in [0.1, 0.15) is 16.2 Å². The molecule has 25 heavy (non-hydrogen) atoms. The minimum atomic E-state index is -4.66. The maximum absolute atomic E-state index is 13.0. The molecule has 0 bridgehead atoms. The summed E-state index contributed by atoms with van der Waals surface area (Å²) in [5, 5.41) is 0.877. The Bertz CT molecular complexity index is 947. The van der Waals surface area contributed by atoms with Crippen LogP contribution in [0, 0.1) is 0 Å². The summed E-state index contributed by atoms with van der Waals surface area (Å²) in [5.74, 6) is -1.59. The van der Waals surface area contributed by atoms with Crippen LogP contribution in [-0.2, 0) is 6.18 Å². The fourth-order valence-corrected chi connectivity index (χ4v) is 3.33. The van der Waals surface area contributed by atoms with Crippen LogP contribution in [0.25, 0.3) is 10.9 Å². The van der Waals surface area contributed by atoms with Crippen LogP contribution in [0.3, 0.4) is 0 Å². The number of hydrogen-bond donors (Lipinski definition) is 0. The number of alkyl halides is 3. The van der Waals surface area contributed by atoms with Crippen LogP contribution in [-0.4, -0.2) is 21.5 Å². The van der Waals surface area contributed by atoms with Crippen LogP contribution in [0.15, 0.2) is 53.6 Å². The molecule has 128 valence electrons. The van der Waals surface area contributed by atoms with Crippen LogP contribution in [0.4, 0.5) is 13.2 Å². The zero-order valence-corrected chi connectivity index (χ0v) is 14.1. The van der Waals surface area contributed by atoms with Crippen LogP contribution >= 0.6 is 23.4 Å². The summed E-state index contributed by atoms with van der Waals surface area (Å²) in [7, 11) is 0. The van der Waals surface area contributed by atoms with Crippen molar-refractivity contribution in [2.75, 3.05) is 5.75 Å². The van der Waals surface area contributed by atoms with Gasteiger partial charge < -0.3 is 0 Å². The van der Waals surface area contributed by atoms with E-state index >= 15 is 0 Å². The van der Waals surface area contributed by atoms with Crippen molar-refractivity contribution in [3.8, 4) is 0 Å². The summed E-state index contributed by atoms with van der Waals surface area (Å²) in [5.41, 5.74) is 0.503. The van der Waals surface area contributed by atoms with Crippen molar-refractivity contribution >= 4 is 40.0 Å². The van der Waals surface area contributed by atoms with Gasteiger partial charge >= 0.3 is 6.18 Å². The van der Waals surface area contributed by atoms with Gasteiger partial charge in [0.05, 0.1) is 16.3 Å². The molecular weight excluding hydrogens is 373 g/mol. The highest BCUT2D eigenvalue weighted by molar-refractivity contribution is 8.00. The fraction of sp³-hybridized carbons (Fsp3) is 0.118. The summed E-state index contributed by atoms with van der Waals surface area (Å²) >= 11 is 6.91. The molecule has 0 saturated carbocycles. The van der Waals surface area contributed by atoms with Gasteiger partial charge in [0.25, 0.3) is 0 Å². The van der Waals surface area contributed by atoms with Gasteiger partial charge in [-0.3, -0.25) is 4.79 Å². The van der Waals surface area contributed by atoms with E-state index in [0.717, 1.165) is 11.8 Å². The number of thioether (sulfide) groups is 1. The first-order valence-corrected chi connectivity index (χ1v) is 8.47. The highest BCUT2D eigenvalue weighted by atomic mass is 35.5. The number of Topliss-reactive ketones (excluding diaryl/α,β-unsaturated/α-hetero) is 1. The highest BCUT2D eigenvalue weighted by Gasteiger charge is 2.35. The number of carbonyl (C=O) groups is 1. The molecule has 1 heterocycles. The Morgan fingerprint density at radius 1 is 1.04 bits per heavy atom. The Kier molecular flexibility index (Phi) is 4.96. The molecule has 0 aliphatic heterocycles. The van der Waals surface area contributed by atoms with Gasteiger partial charge in [0.2, 0.25) is 5.82 Å². The van der Waals surface area contributed by atoms with Crippen molar-refractivity contribution in [2.24, 2.45) is 0 Å². The van der Waals surface area contributed by atoms with Gasteiger partial charge in [-0.25, -0.2) is 9.97 Å². The molecule has 0 aliphatic rings. The topological polar surface area (TPSA) is 42.9 Å². The molecule has 3 nitrogen and oxygen atoms in total. The molecule has 0 fully saturated rings. The van der Waals surface area contributed by atoms with Crippen LogP contribution < -0.4 is 0 Å². The maximum atomic E-state index is 13.0. The molecular formula is C17H10ClF3N2OS. The van der Waals surface area contributed by atoms with Crippen LogP contribution in [0.5, 0.6) is 0 Å². The normalized spacial score (nSPS) is 11.7. The van der Waals surface area contributed by atoms with Gasteiger partial charge in [-0.05, 0) is 18.2 Å². The third kappa shape index (κ3) is 3.93. The zero-order valence-electron chi connectivity index (χ0n) is 12.5. The maximum Gasteiger partial charge on any atom is 0.451 e. The summed E-state index contributed by atoms with van der Waals surface area (Å²) in [6.07, 6.45) is -4.66. The van der Waals surface area contributed by atoms with Crippen molar-refractivity contribution < 1.29 is 18.0 Å². The van der Waals surface area contributed by atoms with Gasteiger partial charge in [-0.2, -0.15) is 13.2 Å². The van der Waals surface area contributed by atoms with Crippen molar-refractivity contribution in [2.45, 2.75) is 11.2 Å². The minimum absolute atomic E-state index is 0.0813. The van der Waals surface area contributed by atoms with E-state index in [1.54, 1.807) is 42.5 Å². The number of hydrogen-bond acceptors (Lipinski definition) is 4. The van der Waals surface area contributed by atoms with Crippen molar-refractivity contribution in [3.63, 3.8) is 0 Å². The van der Waals surface area contributed by atoms with E-state index in [9.17, 15) is 18.0 Å². The number of para-hydroxylation sites is 1. The predicted molar refractivity (Wildman–Crippen MR) is 91.0 cm³/mol. The van der Waals surface area contributed by atoms with Gasteiger partial charge in [0.1, 0.15) is 5.03 Å².